The first-order chi connectivity index (χ1) is 12.1. The molecule has 1 fully saturated rings. The lowest BCUT2D eigenvalue weighted by Crippen LogP contribution is -2.39. The molecular weight excluding hydrogens is 317 g/mol. The van der Waals surface area contributed by atoms with E-state index in [0.29, 0.717) is 18.2 Å². The van der Waals surface area contributed by atoms with Crippen LogP contribution in [0, 0.1) is 11.7 Å². The van der Waals surface area contributed by atoms with Crippen LogP contribution in [0.2, 0.25) is 0 Å². The Hall–Kier alpha value is -2.40. The summed E-state index contributed by atoms with van der Waals surface area (Å²) in [7, 11) is 0. The van der Waals surface area contributed by atoms with E-state index >= 15 is 0 Å². The average Bonchev–Trinajstić information content (AvgIpc) is 2.61. The van der Waals surface area contributed by atoms with Gasteiger partial charge in [-0.25, -0.2) is 4.39 Å². The number of nitrogen functional groups attached to an aromatic ring is 1. The zero-order valence-electron chi connectivity index (χ0n) is 14.2. The van der Waals surface area contributed by atoms with Gasteiger partial charge in [0.25, 0.3) is 0 Å². The number of halogens is 1. The van der Waals surface area contributed by atoms with Crippen molar-refractivity contribution >= 4 is 17.3 Å². The zero-order valence-corrected chi connectivity index (χ0v) is 14.2. The number of carbonyl (C=O) groups excluding carboxylic acids is 1. The van der Waals surface area contributed by atoms with E-state index in [9.17, 15) is 9.18 Å². The molecule has 3 rings (SSSR count). The van der Waals surface area contributed by atoms with Gasteiger partial charge in [0.2, 0.25) is 5.91 Å². The molecule has 0 spiro atoms. The highest BCUT2D eigenvalue weighted by Crippen LogP contribution is 2.22. The zero-order chi connectivity index (χ0) is 17.6. The number of piperidine rings is 1. The maximum Gasteiger partial charge on any atom is 0.238 e. The number of anilines is 2. The molecule has 25 heavy (non-hydrogen) atoms. The smallest absolute Gasteiger partial charge is 0.238 e. The van der Waals surface area contributed by atoms with Gasteiger partial charge < -0.3 is 11.1 Å². The highest BCUT2D eigenvalue weighted by atomic mass is 19.1. The molecule has 5 heteroatoms. The fourth-order valence-electron chi connectivity index (χ4n) is 3.27. The summed E-state index contributed by atoms with van der Waals surface area (Å²) in [6.45, 7) is 2.25. The van der Waals surface area contributed by atoms with Crippen LogP contribution in [0.25, 0.3) is 0 Å². The summed E-state index contributed by atoms with van der Waals surface area (Å²) in [6.07, 6.45) is 3.10. The summed E-state index contributed by atoms with van der Waals surface area (Å²) in [5.74, 6) is 0.411. The van der Waals surface area contributed by atoms with Crippen LogP contribution in [-0.2, 0) is 11.2 Å². The van der Waals surface area contributed by atoms with Crippen molar-refractivity contribution in [1.82, 2.24) is 4.90 Å². The Morgan fingerprint density at radius 3 is 2.36 bits per heavy atom. The molecule has 0 atom stereocenters. The van der Waals surface area contributed by atoms with Gasteiger partial charge in [-0.05, 0) is 80.2 Å². The summed E-state index contributed by atoms with van der Waals surface area (Å²) in [5, 5.41) is 2.90. The van der Waals surface area contributed by atoms with Crippen molar-refractivity contribution in [2.24, 2.45) is 5.92 Å². The number of nitrogens with one attached hydrogen (secondary N) is 1. The highest BCUT2D eigenvalue weighted by molar-refractivity contribution is 5.92. The van der Waals surface area contributed by atoms with E-state index in [4.69, 9.17) is 5.73 Å². The van der Waals surface area contributed by atoms with E-state index in [1.165, 1.54) is 17.7 Å². The highest BCUT2D eigenvalue weighted by Gasteiger charge is 2.21. The monoisotopic (exact) mass is 341 g/mol. The second-order valence-electron chi connectivity index (χ2n) is 6.72. The Labute approximate surface area is 147 Å². The second-order valence-corrected chi connectivity index (χ2v) is 6.72. The lowest BCUT2D eigenvalue weighted by molar-refractivity contribution is -0.117. The molecule has 1 aliphatic heterocycles. The number of likely N-dealkylation sites (tertiary alicyclic amines) is 1. The summed E-state index contributed by atoms with van der Waals surface area (Å²) in [5.41, 5.74) is 8.27. The van der Waals surface area contributed by atoms with Gasteiger partial charge in [0.1, 0.15) is 5.82 Å². The third-order valence-electron chi connectivity index (χ3n) is 4.71. The second kappa shape index (κ2) is 8.12. The summed E-state index contributed by atoms with van der Waals surface area (Å²) in [4.78, 5) is 14.3. The minimum absolute atomic E-state index is 0.00163. The van der Waals surface area contributed by atoms with Crippen LogP contribution in [0.5, 0.6) is 0 Å². The molecule has 4 nitrogen and oxygen atoms in total. The molecule has 0 saturated carbocycles. The third kappa shape index (κ3) is 5.29. The largest absolute Gasteiger partial charge is 0.399 e. The summed E-state index contributed by atoms with van der Waals surface area (Å²) in [6, 6.07) is 13.9. The molecule has 0 bridgehead atoms. The normalized spacial score (nSPS) is 15.9. The van der Waals surface area contributed by atoms with Crippen molar-refractivity contribution < 1.29 is 9.18 Å². The van der Waals surface area contributed by atoms with Gasteiger partial charge in [0.15, 0.2) is 0 Å². The number of carbonyl (C=O) groups is 1. The van der Waals surface area contributed by atoms with E-state index in [0.717, 1.165) is 38.0 Å². The molecule has 0 radical (unpaired) electrons. The molecular formula is C20H24FN3O. The molecule has 1 heterocycles. The van der Waals surface area contributed by atoms with Crippen LogP contribution >= 0.6 is 0 Å². The molecule has 2 aromatic carbocycles. The first kappa shape index (κ1) is 17.4. The lowest BCUT2D eigenvalue weighted by Gasteiger charge is -2.31. The van der Waals surface area contributed by atoms with Crippen LogP contribution in [0.1, 0.15) is 18.4 Å². The minimum Gasteiger partial charge on any atom is -0.399 e. The number of hydrogen-bond acceptors (Lipinski definition) is 3. The van der Waals surface area contributed by atoms with Crippen molar-refractivity contribution in [2.75, 3.05) is 30.7 Å². The summed E-state index contributed by atoms with van der Waals surface area (Å²) >= 11 is 0. The Balaban J connectivity index is 1.42. The van der Waals surface area contributed by atoms with Gasteiger partial charge in [-0.2, -0.15) is 0 Å². The third-order valence-corrected chi connectivity index (χ3v) is 4.71. The number of nitrogens with zero attached hydrogens (tertiary/aromatic N) is 1. The van der Waals surface area contributed by atoms with E-state index in [-0.39, 0.29) is 11.7 Å². The van der Waals surface area contributed by atoms with Gasteiger partial charge in [-0.3, -0.25) is 9.69 Å². The topological polar surface area (TPSA) is 58.4 Å². The van der Waals surface area contributed by atoms with Crippen LogP contribution in [0.3, 0.4) is 0 Å². The lowest BCUT2D eigenvalue weighted by atomic mass is 9.90. The predicted octanol–water partition coefficient (Wildman–Crippen LogP) is 3.30. The van der Waals surface area contributed by atoms with Gasteiger partial charge >= 0.3 is 0 Å². The SMILES string of the molecule is Nc1ccc(NC(=O)CN2CCC(Cc3ccc(F)cc3)CC2)cc1. The molecule has 132 valence electrons. The Kier molecular flexibility index (Phi) is 5.66. The maximum atomic E-state index is 13.0. The van der Waals surface area contributed by atoms with E-state index in [1.54, 1.807) is 12.1 Å². The number of nitrogens with two attached hydrogens (primary N) is 1. The fourth-order valence-corrected chi connectivity index (χ4v) is 3.27. The molecule has 1 aliphatic rings. The average molecular weight is 341 g/mol. The minimum atomic E-state index is -0.189. The van der Waals surface area contributed by atoms with Crippen molar-refractivity contribution in [1.29, 1.82) is 0 Å². The summed E-state index contributed by atoms with van der Waals surface area (Å²) < 4.78 is 13.0. The quantitative estimate of drug-likeness (QED) is 0.821. The Bertz CT molecular complexity index is 692. The van der Waals surface area contributed by atoms with Crippen LogP contribution in [0.15, 0.2) is 48.5 Å². The van der Waals surface area contributed by atoms with E-state index in [2.05, 4.69) is 10.2 Å². The Morgan fingerprint density at radius 2 is 1.72 bits per heavy atom. The number of amides is 1. The molecule has 2 aromatic rings. The van der Waals surface area contributed by atoms with E-state index < -0.39 is 0 Å². The van der Waals surface area contributed by atoms with Crippen molar-refractivity contribution in [2.45, 2.75) is 19.3 Å². The standard InChI is InChI=1S/C20H24FN3O/c21-17-3-1-15(2-4-17)13-16-9-11-24(12-10-16)14-20(25)23-19-7-5-18(22)6-8-19/h1-8,16H,9-14,22H2,(H,23,25). The van der Waals surface area contributed by atoms with E-state index in [1.807, 2.05) is 24.3 Å². The molecule has 1 amide bonds. The predicted molar refractivity (Wildman–Crippen MR) is 98.8 cm³/mol. The van der Waals surface area contributed by atoms with Crippen LogP contribution in [0.4, 0.5) is 15.8 Å². The maximum absolute atomic E-state index is 13.0. The molecule has 0 aliphatic carbocycles. The number of benzene rings is 2. The first-order valence-electron chi connectivity index (χ1n) is 8.71. The first-order valence-corrected chi connectivity index (χ1v) is 8.71. The number of hydrogen-bond donors (Lipinski definition) is 2. The van der Waals surface area contributed by atoms with Crippen LogP contribution < -0.4 is 11.1 Å². The van der Waals surface area contributed by atoms with Gasteiger partial charge in [-0.15, -0.1) is 0 Å². The van der Waals surface area contributed by atoms with Gasteiger partial charge in [0.05, 0.1) is 6.54 Å². The van der Waals surface area contributed by atoms with Crippen molar-refractivity contribution in [3.63, 3.8) is 0 Å². The molecule has 0 aromatic heterocycles. The van der Waals surface area contributed by atoms with Crippen molar-refractivity contribution in [3.8, 4) is 0 Å². The molecule has 3 N–H and O–H groups in total. The van der Waals surface area contributed by atoms with Crippen LogP contribution in [-0.4, -0.2) is 30.4 Å². The molecule has 0 unspecified atom stereocenters. The fraction of sp³-hybridized carbons (Fsp3) is 0.350. The van der Waals surface area contributed by atoms with Gasteiger partial charge in [-0.1, -0.05) is 12.1 Å². The Morgan fingerprint density at radius 1 is 1.08 bits per heavy atom. The molecule has 1 saturated heterocycles. The van der Waals surface area contributed by atoms with Gasteiger partial charge in [0, 0.05) is 11.4 Å². The number of rotatable bonds is 5. The van der Waals surface area contributed by atoms with Crippen molar-refractivity contribution in [3.05, 3.63) is 59.9 Å².